The summed E-state index contributed by atoms with van der Waals surface area (Å²) in [4.78, 5) is 16.9. The number of nitrogens with one attached hydrogen (secondary N) is 2. The number of sulfonamides is 1. The SMILES string of the molecule is COCCNS(=O)(=O)c1ccc(C(=O)Nc2ccc(Cl)c(-c3ccccn3)c2)cc1. The van der Waals surface area contributed by atoms with Crippen molar-refractivity contribution in [2.75, 3.05) is 25.6 Å². The van der Waals surface area contributed by atoms with Crippen LogP contribution in [-0.4, -0.2) is 39.6 Å². The lowest BCUT2D eigenvalue weighted by molar-refractivity contribution is 0.102. The number of carbonyl (C=O) groups excluding carboxylic acids is 1. The lowest BCUT2D eigenvalue weighted by Gasteiger charge is -2.10. The first-order valence-corrected chi connectivity index (χ1v) is 10.9. The average Bonchev–Trinajstić information content (AvgIpc) is 2.76. The Morgan fingerprint density at radius 1 is 1.10 bits per heavy atom. The second-order valence-corrected chi connectivity index (χ2v) is 8.45. The number of hydrogen-bond donors (Lipinski definition) is 2. The largest absolute Gasteiger partial charge is 0.383 e. The fourth-order valence-electron chi connectivity index (χ4n) is 2.67. The molecule has 1 heterocycles. The van der Waals surface area contributed by atoms with Crippen molar-refractivity contribution in [3.05, 3.63) is 77.4 Å². The molecule has 3 rings (SSSR count). The van der Waals surface area contributed by atoms with E-state index in [1.54, 1.807) is 30.5 Å². The van der Waals surface area contributed by atoms with Crippen molar-refractivity contribution in [2.45, 2.75) is 4.90 Å². The van der Waals surface area contributed by atoms with E-state index in [-0.39, 0.29) is 24.0 Å². The van der Waals surface area contributed by atoms with Crippen molar-refractivity contribution in [3.8, 4) is 11.3 Å². The van der Waals surface area contributed by atoms with Gasteiger partial charge in [-0.05, 0) is 54.6 Å². The van der Waals surface area contributed by atoms with E-state index in [1.807, 2.05) is 12.1 Å². The molecule has 9 heteroatoms. The molecular formula is C21H20ClN3O4S. The maximum absolute atomic E-state index is 12.6. The number of methoxy groups -OCH3 is 1. The molecule has 0 fully saturated rings. The molecular weight excluding hydrogens is 426 g/mol. The van der Waals surface area contributed by atoms with Gasteiger partial charge in [-0.2, -0.15) is 0 Å². The highest BCUT2D eigenvalue weighted by Gasteiger charge is 2.15. The van der Waals surface area contributed by atoms with Gasteiger partial charge in [0.2, 0.25) is 10.0 Å². The van der Waals surface area contributed by atoms with E-state index >= 15 is 0 Å². The maximum Gasteiger partial charge on any atom is 0.255 e. The molecule has 7 nitrogen and oxygen atoms in total. The van der Waals surface area contributed by atoms with Crippen LogP contribution in [0.3, 0.4) is 0 Å². The molecule has 0 atom stereocenters. The monoisotopic (exact) mass is 445 g/mol. The topological polar surface area (TPSA) is 97.4 Å². The van der Waals surface area contributed by atoms with E-state index in [0.29, 0.717) is 27.5 Å². The summed E-state index contributed by atoms with van der Waals surface area (Å²) >= 11 is 6.27. The molecule has 0 radical (unpaired) electrons. The fourth-order valence-corrected chi connectivity index (χ4v) is 3.90. The summed E-state index contributed by atoms with van der Waals surface area (Å²) in [5.41, 5.74) is 2.25. The molecule has 0 bridgehead atoms. The number of anilines is 1. The zero-order valence-electron chi connectivity index (χ0n) is 16.1. The predicted octanol–water partition coefficient (Wildman–Crippen LogP) is 3.58. The molecule has 0 saturated heterocycles. The Morgan fingerprint density at radius 3 is 2.53 bits per heavy atom. The average molecular weight is 446 g/mol. The zero-order chi connectivity index (χ0) is 21.6. The molecule has 2 N–H and O–H groups in total. The highest BCUT2D eigenvalue weighted by atomic mass is 35.5. The third-order valence-electron chi connectivity index (χ3n) is 4.19. The van der Waals surface area contributed by atoms with Crippen LogP contribution < -0.4 is 10.0 Å². The van der Waals surface area contributed by atoms with Gasteiger partial charge in [0.05, 0.1) is 22.2 Å². The van der Waals surface area contributed by atoms with Crippen LogP contribution in [0.5, 0.6) is 0 Å². The molecule has 1 amide bonds. The summed E-state index contributed by atoms with van der Waals surface area (Å²) in [7, 11) is -2.17. The van der Waals surface area contributed by atoms with Crippen LogP contribution in [0, 0.1) is 0 Å². The van der Waals surface area contributed by atoms with E-state index in [1.165, 1.54) is 31.4 Å². The van der Waals surface area contributed by atoms with Gasteiger partial charge < -0.3 is 10.1 Å². The van der Waals surface area contributed by atoms with Crippen molar-refractivity contribution >= 4 is 33.2 Å². The summed E-state index contributed by atoms with van der Waals surface area (Å²) in [5.74, 6) is -0.374. The van der Waals surface area contributed by atoms with E-state index in [2.05, 4.69) is 15.0 Å². The Labute approximate surface area is 180 Å². The Balaban J connectivity index is 1.74. The minimum atomic E-state index is -3.66. The number of ether oxygens (including phenoxy) is 1. The molecule has 0 aliphatic carbocycles. The van der Waals surface area contributed by atoms with E-state index in [0.717, 1.165) is 0 Å². The minimum absolute atomic E-state index is 0.0686. The van der Waals surface area contributed by atoms with Crippen molar-refractivity contribution in [1.29, 1.82) is 0 Å². The third-order valence-corrected chi connectivity index (χ3v) is 6.00. The van der Waals surface area contributed by atoms with Crippen LogP contribution in [0.15, 0.2) is 71.8 Å². The third kappa shape index (κ3) is 5.43. The van der Waals surface area contributed by atoms with Gasteiger partial charge in [0.15, 0.2) is 0 Å². The number of carbonyl (C=O) groups is 1. The van der Waals surface area contributed by atoms with Crippen molar-refractivity contribution in [3.63, 3.8) is 0 Å². The lowest BCUT2D eigenvalue weighted by Crippen LogP contribution is -2.27. The molecule has 2 aromatic carbocycles. The van der Waals surface area contributed by atoms with Gasteiger partial charge in [-0.1, -0.05) is 17.7 Å². The Kier molecular flexibility index (Phi) is 7.17. The van der Waals surface area contributed by atoms with Crippen LogP contribution >= 0.6 is 11.6 Å². The molecule has 30 heavy (non-hydrogen) atoms. The van der Waals surface area contributed by atoms with Crippen LogP contribution in [0.1, 0.15) is 10.4 Å². The van der Waals surface area contributed by atoms with Gasteiger partial charge in [0.1, 0.15) is 0 Å². The van der Waals surface area contributed by atoms with Gasteiger partial charge in [0, 0.05) is 36.7 Å². The number of pyridine rings is 1. The molecule has 1 aromatic heterocycles. The van der Waals surface area contributed by atoms with Crippen LogP contribution in [0.25, 0.3) is 11.3 Å². The Bertz CT molecular complexity index is 1120. The first-order chi connectivity index (χ1) is 14.4. The van der Waals surface area contributed by atoms with Crippen molar-refractivity contribution in [2.24, 2.45) is 0 Å². The number of amides is 1. The normalized spacial score (nSPS) is 11.3. The summed E-state index contributed by atoms with van der Waals surface area (Å²) in [6, 6.07) is 16.3. The summed E-state index contributed by atoms with van der Waals surface area (Å²) in [6.07, 6.45) is 1.66. The van der Waals surface area contributed by atoms with Crippen molar-refractivity contribution < 1.29 is 17.9 Å². The van der Waals surface area contributed by atoms with Gasteiger partial charge >= 0.3 is 0 Å². The van der Waals surface area contributed by atoms with Gasteiger partial charge in [-0.25, -0.2) is 13.1 Å². The predicted molar refractivity (Wildman–Crippen MR) is 116 cm³/mol. The van der Waals surface area contributed by atoms with E-state index in [4.69, 9.17) is 16.3 Å². The van der Waals surface area contributed by atoms with Gasteiger partial charge in [-0.3, -0.25) is 9.78 Å². The summed E-state index contributed by atoms with van der Waals surface area (Å²) in [6.45, 7) is 0.428. The molecule has 0 aliphatic rings. The number of halogens is 1. The summed E-state index contributed by atoms with van der Waals surface area (Å²) < 4.78 is 31.6. The molecule has 0 saturated carbocycles. The fraction of sp³-hybridized carbons (Fsp3) is 0.143. The molecule has 3 aromatic rings. The van der Waals surface area contributed by atoms with Crippen molar-refractivity contribution in [1.82, 2.24) is 9.71 Å². The smallest absolute Gasteiger partial charge is 0.255 e. The number of aromatic nitrogens is 1. The van der Waals surface area contributed by atoms with E-state index < -0.39 is 10.0 Å². The molecule has 156 valence electrons. The molecule has 0 spiro atoms. The van der Waals surface area contributed by atoms with Crippen LogP contribution in [0.4, 0.5) is 5.69 Å². The highest BCUT2D eigenvalue weighted by Crippen LogP contribution is 2.29. The quantitative estimate of drug-likeness (QED) is 0.516. The molecule has 0 unspecified atom stereocenters. The van der Waals surface area contributed by atoms with Gasteiger partial charge in [0.25, 0.3) is 5.91 Å². The standard InChI is InChI=1S/C21H20ClN3O4S/c1-29-13-12-24-30(27,28)17-8-5-15(6-9-17)21(26)25-16-7-10-19(22)18(14-16)20-4-2-3-11-23-20/h2-11,14,24H,12-13H2,1H3,(H,25,26). The number of nitrogens with zero attached hydrogens (tertiary/aromatic N) is 1. The van der Waals surface area contributed by atoms with Gasteiger partial charge in [-0.15, -0.1) is 0 Å². The maximum atomic E-state index is 12.6. The first-order valence-electron chi connectivity index (χ1n) is 9.02. The Hall–Kier alpha value is -2.78. The first kappa shape index (κ1) is 21.9. The van der Waals surface area contributed by atoms with Crippen LogP contribution in [-0.2, 0) is 14.8 Å². The van der Waals surface area contributed by atoms with Crippen LogP contribution in [0.2, 0.25) is 5.02 Å². The number of benzene rings is 2. The number of hydrogen-bond acceptors (Lipinski definition) is 5. The Morgan fingerprint density at radius 2 is 1.87 bits per heavy atom. The number of rotatable bonds is 8. The lowest BCUT2D eigenvalue weighted by atomic mass is 10.1. The molecule has 0 aliphatic heterocycles. The zero-order valence-corrected chi connectivity index (χ0v) is 17.7. The minimum Gasteiger partial charge on any atom is -0.383 e. The highest BCUT2D eigenvalue weighted by molar-refractivity contribution is 7.89. The second kappa shape index (κ2) is 9.82. The summed E-state index contributed by atoms with van der Waals surface area (Å²) in [5, 5.41) is 3.30. The second-order valence-electron chi connectivity index (χ2n) is 6.28. The van der Waals surface area contributed by atoms with E-state index in [9.17, 15) is 13.2 Å².